The number of anilines is 1. The largest absolute Gasteiger partial charge is 0.399 e. The topological polar surface area (TPSA) is 38.9 Å². The van der Waals surface area contributed by atoms with Gasteiger partial charge in [0.2, 0.25) is 0 Å². The number of nitrogens with two attached hydrogens (primary N) is 1. The van der Waals surface area contributed by atoms with Gasteiger partial charge in [0.1, 0.15) is 0 Å². The van der Waals surface area contributed by atoms with Crippen LogP contribution in [0.2, 0.25) is 0 Å². The first-order chi connectivity index (χ1) is 7.83. The van der Waals surface area contributed by atoms with Crippen LogP contribution in [-0.2, 0) is 0 Å². The van der Waals surface area contributed by atoms with E-state index >= 15 is 0 Å². The molecule has 1 aliphatic carbocycles. The third kappa shape index (κ3) is 1.78. The quantitative estimate of drug-likeness (QED) is 0.773. The summed E-state index contributed by atoms with van der Waals surface area (Å²) < 4.78 is 0. The van der Waals surface area contributed by atoms with Crippen LogP contribution in [0.1, 0.15) is 24.3 Å². The van der Waals surface area contributed by atoms with Crippen LogP contribution in [0.5, 0.6) is 0 Å². The lowest BCUT2D eigenvalue weighted by molar-refractivity contribution is 1.10. The van der Waals surface area contributed by atoms with Gasteiger partial charge in [-0.15, -0.1) is 0 Å². The fourth-order valence-corrected chi connectivity index (χ4v) is 1.93. The minimum Gasteiger partial charge on any atom is -0.399 e. The highest BCUT2D eigenvalue weighted by molar-refractivity contribution is 5.63. The lowest BCUT2D eigenvalue weighted by Crippen LogP contribution is -1.88. The summed E-state index contributed by atoms with van der Waals surface area (Å²) in [5, 5.41) is 0. The van der Waals surface area contributed by atoms with E-state index in [0.29, 0.717) is 0 Å². The molecular weight excluding hydrogens is 196 g/mol. The first kappa shape index (κ1) is 9.40. The summed E-state index contributed by atoms with van der Waals surface area (Å²) in [6.07, 6.45) is 4.63. The van der Waals surface area contributed by atoms with E-state index in [9.17, 15) is 0 Å². The molecule has 1 aromatic heterocycles. The summed E-state index contributed by atoms with van der Waals surface area (Å²) in [6.45, 7) is 0. The van der Waals surface area contributed by atoms with Crippen molar-refractivity contribution in [1.82, 2.24) is 4.98 Å². The highest BCUT2D eigenvalue weighted by atomic mass is 14.7. The molecule has 2 aromatic rings. The zero-order valence-corrected chi connectivity index (χ0v) is 9.06. The molecule has 1 saturated carbocycles. The lowest BCUT2D eigenvalue weighted by Gasteiger charge is -2.03. The van der Waals surface area contributed by atoms with Gasteiger partial charge in [-0.05, 0) is 42.5 Å². The van der Waals surface area contributed by atoms with Crippen molar-refractivity contribution in [2.75, 3.05) is 5.73 Å². The first-order valence-electron chi connectivity index (χ1n) is 5.65. The number of pyridine rings is 1. The van der Waals surface area contributed by atoms with Crippen molar-refractivity contribution in [3.05, 3.63) is 48.2 Å². The molecule has 80 valence electrons. The molecule has 1 aromatic carbocycles. The molecular formula is C14H14N2. The van der Waals surface area contributed by atoms with Crippen molar-refractivity contribution in [3.8, 4) is 11.3 Å². The van der Waals surface area contributed by atoms with Gasteiger partial charge < -0.3 is 5.73 Å². The Morgan fingerprint density at radius 2 is 2.00 bits per heavy atom. The molecule has 2 heteroatoms. The fourth-order valence-electron chi connectivity index (χ4n) is 1.93. The molecule has 1 heterocycles. The maximum absolute atomic E-state index is 5.76. The molecule has 1 fully saturated rings. The maximum Gasteiger partial charge on any atom is 0.0702 e. The van der Waals surface area contributed by atoms with E-state index in [1.165, 1.54) is 18.4 Å². The zero-order chi connectivity index (χ0) is 11.0. The average Bonchev–Trinajstić information content (AvgIpc) is 3.13. The summed E-state index contributed by atoms with van der Waals surface area (Å²) in [5.41, 5.74) is 9.99. The summed E-state index contributed by atoms with van der Waals surface area (Å²) in [4.78, 5) is 4.50. The van der Waals surface area contributed by atoms with Crippen LogP contribution in [-0.4, -0.2) is 4.98 Å². The van der Waals surface area contributed by atoms with Gasteiger partial charge in [0.15, 0.2) is 0 Å². The van der Waals surface area contributed by atoms with E-state index in [4.69, 9.17) is 5.73 Å². The molecule has 0 aliphatic heterocycles. The Morgan fingerprint density at radius 1 is 1.12 bits per heavy atom. The van der Waals surface area contributed by atoms with Crippen LogP contribution < -0.4 is 5.73 Å². The van der Waals surface area contributed by atoms with Crippen molar-refractivity contribution >= 4 is 5.69 Å². The molecule has 0 spiro atoms. The Balaban J connectivity index is 1.94. The molecule has 3 rings (SSSR count). The number of hydrogen-bond acceptors (Lipinski definition) is 2. The maximum atomic E-state index is 5.76. The molecule has 0 atom stereocenters. The summed E-state index contributed by atoms with van der Waals surface area (Å²) >= 11 is 0. The van der Waals surface area contributed by atoms with Crippen LogP contribution >= 0.6 is 0 Å². The van der Waals surface area contributed by atoms with E-state index < -0.39 is 0 Å². The van der Waals surface area contributed by atoms with Gasteiger partial charge in [-0.3, -0.25) is 4.98 Å². The van der Waals surface area contributed by atoms with Gasteiger partial charge in [-0.25, -0.2) is 0 Å². The van der Waals surface area contributed by atoms with Crippen molar-refractivity contribution in [1.29, 1.82) is 0 Å². The second-order valence-corrected chi connectivity index (χ2v) is 4.38. The normalized spacial score (nSPS) is 15.0. The Bertz CT molecular complexity index is 498. The fraction of sp³-hybridized carbons (Fsp3) is 0.214. The number of hydrogen-bond donors (Lipinski definition) is 1. The van der Waals surface area contributed by atoms with Crippen LogP contribution in [0.3, 0.4) is 0 Å². The molecule has 0 saturated heterocycles. The van der Waals surface area contributed by atoms with Crippen molar-refractivity contribution < 1.29 is 0 Å². The second kappa shape index (κ2) is 3.63. The molecule has 1 aliphatic rings. The van der Waals surface area contributed by atoms with Gasteiger partial charge in [0.05, 0.1) is 5.69 Å². The number of rotatable bonds is 2. The van der Waals surface area contributed by atoms with Gasteiger partial charge >= 0.3 is 0 Å². The van der Waals surface area contributed by atoms with Crippen LogP contribution in [0, 0.1) is 0 Å². The third-order valence-corrected chi connectivity index (χ3v) is 3.02. The molecule has 16 heavy (non-hydrogen) atoms. The van der Waals surface area contributed by atoms with Crippen LogP contribution in [0.25, 0.3) is 11.3 Å². The van der Waals surface area contributed by atoms with Crippen molar-refractivity contribution in [3.63, 3.8) is 0 Å². The van der Waals surface area contributed by atoms with Crippen molar-refractivity contribution in [2.24, 2.45) is 0 Å². The van der Waals surface area contributed by atoms with Gasteiger partial charge in [-0.1, -0.05) is 18.2 Å². The summed E-state index contributed by atoms with van der Waals surface area (Å²) in [5.74, 6) is 0.766. The Hall–Kier alpha value is -1.83. The minimum atomic E-state index is 0.766. The zero-order valence-electron chi connectivity index (χ0n) is 9.06. The van der Waals surface area contributed by atoms with Gasteiger partial charge in [0, 0.05) is 17.4 Å². The summed E-state index contributed by atoms with van der Waals surface area (Å²) in [7, 11) is 0. The summed E-state index contributed by atoms with van der Waals surface area (Å²) in [6, 6.07) is 12.1. The molecule has 0 radical (unpaired) electrons. The smallest absolute Gasteiger partial charge is 0.0702 e. The highest BCUT2D eigenvalue weighted by Gasteiger charge is 2.23. The average molecular weight is 210 g/mol. The minimum absolute atomic E-state index is 0.766. The van der Waals surface area contributed by atoms with E-state index in [1.54, 1.807) is 0 Å². The van der Waals surface area contributed by atoms with Crippen LogP contribution in [0.15, 0.2) is 42.6 Å². The third-order valence-electron chi connectivity index (χ3n) is 3.02. The molecule has 2 N–H and O–H groups in total. The molecule has 0 bridgehead atoms. The van der Waals surface area contributed by atoms with E-state index in [2.05, 4.69) is 17.1 Å². The molecule has 0 amide bonds. The first-order valence-corrected chi connectivity index (χ1v) is 5.65. The van der Waals surface area contributed by atoms with E-state index in [1.807, 2.05) is 30.5 Å². The molecule has 2 nitrogen and oxygen atoms in total. The monoisotopic (exact) mass is 210 g/mol. The van der Waals surface area contributed by atoms with Crippen LogP contribution in [0.4, 0.5) is 5.69 Å². The number of nitrogens with zero attached hydrogens (tertiary/aromatic N) is 1. The number of benzene rings is 1. The Labute approximate surface area is 95.1 Å². The highest BCUT2D eigenvalue weighted by Crippen LogP contribution is 2.39. The Morgan fingerprint density at radius 3 is 2.62 bits per heavy atom. The number of aromatic nitrogens is 1. The van der Waals surface area contributed by atoms with Crippen molar-refractivity contribution in [2.45, 2.75) is 18.8 Å². The predicted octanol–water partition coefficient (Wildman–Crippen LogP) is 3.21. The van der Waals surface area contributed by atoms with Gasteiger partial charge in [0.25, 0.3) is 0 Å². The van der Waals surface area contributed by atoms with E-state index in [-0.39, 0.29) is 0 Å². The Kier molecular flexibility index (Phi) is 2.13. The predicted molar refractivity (Wildman–Crippen MR) is 66.1 cm³/mol. The lowest BCUT2D eigenvalue weighted by atomic mass is 10.1. The standard InChI is InChI=1S/C14H14N2/c15-13-3-1-2-11(8-13)14-7-6-12(9-16-14)10-4-5-10/h1-3,6-10H,4-5,15H2. The second-order valence-electron chi connectivity index (χ2n) is 4.38. The molecule has 0 unspecified atom stereocenters. The number of nitrogen functional groups attached to an aromatic ring is 1. The SMILES string of the molecule is Nc1cccc(-c2ccc(C3CC3)cn2)c1. The van der Waals surface area contributed by atoms with Gasteiger partial charge in [-0.2, -0.15) is 0 Å². The van der Waals surface area contributed by atoms with E-state index in [0.717, 1.165) is 22.9 Å².